The molecule has 2 heterocycles. The molecule has 2 aliphatic heterocycles. The van der Waals surface area contributed by atoms with Gasteiger partial charge in [-0.1, -0.05) is 6.07 Å². The summed E-state index contributed by atoms with van der Waals surface area (Å²) >= 11 is 0. The van der Waals surface area contributed by atoms with E-state index in [0.29, 0.717) is 24.6 Å². The lowest BCUT2D eigenvalue weighted by Gasteiger charge is -2.43. The van der Waals surface area contributed by atoms with Gasteiger partial charge >= 0.3 is 0 Å². The minimum absolute atomic E-state index is 0.000411. The van der Waals surface area contributed by atoms with Gasteiger partial charge in [-0.15, -0.1) is 0 Å². The standard InChI is InChI=1S/C19H25NO5/c1-22-16-6-4-15(14-17(16)23-2)5-7-18(21)20-10-8-19(9-11-20)24-12-3-13-25-19/h4-7,14H,3,8-13H2,1-2H3/b7-5+. The molecule has 0 saturated carbocycles. The highest BCUT2D eigenvalue weighted by atomic mass is 16.7. The maximum Gasteiger partial charge on any atom is 0.246 e. The molecule has 6 heteroatoms. The topological polar surface area (TPSA) is 57.2 Å². The minimum Gasteiger partial charge on any atom is -0.493 e. The maximum atomic E-state index is 12.4. The third-order valence-corrected chi connectivity index (χ3v) is 4.68. The van der Waals surface area contributed by atoms with Gasteiger partial charge in [-0.25, -0.2) is 0 Å². The molecule has 0 atom stereocenters. The van der Waals surface area contributed by atoms with Crippen LogP contribution in [0.4, 0.5) is 0 Å². The van der Waals surface area contributed by atoms with Gasteiger partial charge in [-0.2, -0.15) is 0 Å². The van der Waals surface area contributed by atoms with E-state index in [1.165, 1.54) is 0 Å². The van der Waals surface area contributed by atoms with Crippen molar-refractivity contribution in [2.75, 3.05) is 40.5 Å². The van der Waals surface area contributed by atoms with Gasteiger partial charge in [0.25, 0.3) is 0 Å². The Labute approximate surface area is 148 Å². The van der Waals surface area contributed by atoms with E-state index in [9.17, 15) is 4.79 Å². The summed E-state index contributed by atoms with van der Waals surface area (Å²) in [6.45, 7) is 2.78. The molecule has 0 radical (unpaired) electrons. The molecule has 1 amide bonds. The number of carbonyl (C=O) groups is 1. The molecule has 0 unspecified atom stereocenters. The van der Waals surface area contributed by atoms with E-state index in [2.05, 4.69) is 0 Å². The number of likely N-dealkylation sites (tertiary alicyclic amines) is 1. The summed E-state index contributed by atoms with van der Waals surface area (Å²) in [5, 5.41) is 0. The van der Waals surface area contributed by atoms with Crippen molar-refractivity contribution in [3.8, 4) is 11.5 Å². The lowest BCUT2D eigenvalue weighted by Crippen LogP contribution is -2.51. The summed E-state index contributed by atoms with van der Waals surface area (Å²) in [5.41, 5.74) is 0.887. The molecule has 2 fully saturated rings. The molecule has 0 aliphatic carbocycles. The summed E-state index contributed by atoms with van der Waals surface area (Å²) in [4.78, 5) is 14.3. The summed E-state index contributed by atoms with van der Waals surface area (Å²) in [6.07, 6.45) is 5.79. The van der Waals surface area contributed by atoms with Crippen LogP contribution in [-0.2, 0) is 14.3 Å². The first-order valence-electron chi connectivity index (χ1n) is 8.63. The molecule has 3 rings (SSSR count). The molecule has 25 heavy (non-hydrogen) atoms. The highest BCUT2D eigenvalue weighted by Gasteiger charge is 2.38. The number of hydrogen-bond acceptors (Lipinski definition) is 5. The van der Waals surface area contributed by atoms with Crippen LogP contribution in [0.1, 0.15) is 24.8 Å². The average Bonchev–Trinajstić information content (AvgIpc) is 2.67. The van der Waals surface area contributed by atoms with Gasteiger partial charge in [0.05, 0.1) is 27.4 Å². The highest BCUT2D eigenvalue weighted by Crippen LogP contribution is 2.31. The van der Waals surface area contributed by atoms with Crippen molar-refractivity contribution in [3.63, 3.8) is 0 Å². The van der Waals surface area contributed by atoms with E-state index < -0.39 is 5.79 Å². The fourth-order valence-corrected chi connectivity index (χ4v) is 3.20. The number of rotatable bonds is 4. The van der Waals surface area contributed by atoms with E-state index in [1.54, 1.807) is 26.4 Å². The van der Waals surface area contributed by atoms with Gasteiger partial charge in [-0.05, 0) is 30.2 Å². The number of benzene rings is 1. The van der Waals surface area contributed by atoms with Gasteiger partial charge in [-0.3, -0.25) is 4.79 Å². The Morgan fingerprint density at radius 1 is 1.12 bits per heavy atom. The minimum atomic E-state index is -0.470. The third kappa shape index (κ3) is 4.14. The van der Waals surface area contributed by atoms with E-state index in [4.69, 9.17) is 18.9 Å². The molecule has 136 valence electrons. The number of amides is 1. The molecule has 6 nitrogen and oxygen atoms in total. The Kier molecular flexibility index (Phi) is 5.60. The smallest absolute Gasteiger partial charge is 0.246 e. The molecule has 1 aromatic carbocycles. The van der Waals surface area contributed by atoms with Crippen molar-refractivity contribution in [2.45, 2.75) is 25.0 Å². The predicted molar refractivity (Wildman–Crippen MR) is 93.6 cm³/mol. The zero-order valence-electron chi connectivity index (χ0n) is 14.8. The molecule has 0 aromatic heterocycles. The molecular weight excluding hydrogens is 322 g/mol. The highest BCUT2D eigenvalue weighted by molar-refractivity contribution is 5.92. The van der Waals surface area contributed by atoms with Crippen molar-refractivity contribution in [1.29, 1.82) is 0 Å². The van der Waals surface area contributed by atoms with Crippen LogP contribution in [0.15, 0.2) is 24.3 Å². The first-order valence-corrected chi connectivity index (χ1v) is 8.63. The molecule has 1 aromatic rings. The number of hydrogen-bond donors (Lipinski definition) is 0. The maximum absolute atomic E-state index is 12.4. The Morgan fingerprint density at radius 3 is 2.44 bits per heavy atom. The molecule has 0 N–H and O–H groups in total. The normalized spacial score (nSPS) is 20.0. The Hall–Kier alpha value is -2.05. The number of piperidine rings is 1. The van der Waals surface area contributed by atoms with Crippen LogP contribution in [0.5, 0.6) is 11.5 Å². The summed E-state index contributed by atoms with van der Waals surface area (Å²) in [6, 6.07) is 5.56. The number of nitrogens with zero attached hydrogens (tertiary/aromatic N) is 1. The summed E-state index contributed by atoms with van der Waals surface area (Å²) in [5.74, 6) is 0.839. The van der Waals surface area contributed by atoms with Gasteiger partial charge in [0.1, 0.15) is 0 Å². The van der Waals surface area contributed by atoms with E-state index in [-0.39, 0.29) is 5.91 Å². The lowest BCUT2D eigenvalue weighted by molar-refractivity contribution is -0.282. The van der Waals surface area contributed by atoms with Crippen LogP contribution < -0.4 is 9.47 Å². The molecular formula is C19H25NO5. The van der Waals surface area contributed by atoms with E-state index >= 15 is 0 Å². The lowest BCUT2D eigenvalue weighted by atomic mass is 10.0. The fourth-order valence-electron chi connectivity index (χ4n) is 3.20. The van der Waals surface area contributed by atoms with Gasteiger partial charge in [0, 0.05) is 32.0 Å². The van der Waals surface area contributed by atoms with Crippen LogP contribution in [0.2, 0.25) is 0 Å². The van der Waals surface area contributed by atoms with Crippen LogP contribution in [0, 0.1) is 0 Å². The van der Waals surface area contributed by atoms with E-state index in [1.807, 2.05) is 23.1 Å². The zero-order valence-corrected chi connectivity index (χ0v) is 14.8. The average molecular weight is 347 g/mol. The second-order valence-electron chi connectivity index (χ2n) is 6.23. The summed E-state index contributed by atoms with van der Waals surface area (Å²) in [7, 11) is 3.19. The van der Waals surface area contributed by atoms with Crippen molar-refractivity contribution < 1.29 is 23.7 Å². The monoisotopic (exact) mass is 347 g/mol. The Morgan fingerprint density at radius 2 is 1.80 bits per heavy atom. The van der Waals surface area contributed by atoms with Gasteiger partial charge < -0.3 is 23.8 Å². The third-order valence-electron chi connectivity index (χ3n) is 4.68. The predicted octanol–water partition coefficient (Wildman–Crippen LogP) is 2.47. The largest absolute Gasteiger partial charge is 0.493 e. The van der Waals surface area contributed by atoms with Gasteiger partial charge in [0.15, 0.2) is 17.3 Å². The van der Waals surface area contributed by atoms with Crippen LogP contribution >= 0.6 is 0 Å². The molecule has 2 aliphatic rings. The number of carbonyl (C=O) groups excluding carboxylic acids is 1. The van der Waals surface area contributed by atoms with E-state index in [0.717, 1.165) is 38.0 Å². The first kappa shape index (κ1) is 17.8. The molecule has 2 saturated heterocycles. The molecule has 0 bridgehead atoms. The van der Waals surface area contributed by atoms with Crippen LogP contribution in [-0.4, -0.2) is 57.1 Å². The SMILES string of the molecule is COc1ccc(/C=C/C(=O)N2CCC3(CC2)OCCCO3)cc1OC. The Balaban J connectivity index is 1.58. The van der Waals surface area contributed by atoms with Crippen LogP contribution in [0.3, 0.4) is 0 Å². The van der Waals surface area contributed by atoms with Crippen molar-refractivity contribution in [3.05, 3.63) is 29.8 Å². The fraction of sp³-hybridized carbons (Fsp3) is 0.526. The zero-order chi connectivity index (χ0) is 17.7. The quantitative estimate of drug-likeness (QED) is 0.783. The van der Waals surface area contributed by atoms with Gasteiger partial charge in [0.2, 0.25) is 5.91 Å². The number of methoxy groups -OCH3 is 2. The van der Waals surface area contributed by atoms with Crippen molar-refractivity contribution in [2.24, 2.45) is 0 Å². The Bertz CT molecular complexity index is 627. The second kappa shape index (κ2) is 7.89. The number of ether oxygens (including phenoxy) is 4. The summed E-state index contributed by atoms with van der Waals surface area (Å²) < 4.78 is 22.1. The molecule has 1 spiro atoms. The second-order valence-corrected chi connectivity index (χ2v) is 6.23. The van der Waals surface area contributed by atoms with Crippen molar-refractivity contribution in [1.82, 2.24) is 4.90 Å². The van der Waals surface area contributed by atoms with Crippen molar-refractivity contribution >= 4 is 12.0 Å². The first-order chi connectivity index (χ1) is 12.2. The van der Waals surface area contributed by atoms with Crippen LogP contribution in [0.25, 0.3) is 6.08 Å².